The molecule has 1 amide bonds. The zero-order valence-corrected chi connectivity index (χ0v) is 22.8. The second-order valence-electron chi connectivity index (χ2n) is 10.4. The van der Waals surface area contributed by atoms with Gasteiger partial charge >= 0.3 is 0 Å². The van der Waals surface area contributed by atoms with Gasteiger partial charge < -0.3 is 14.8 Å². The molecule has 3 heterocycles. The third-order valence-electron chi connectivity index (χ3n) is 7.58. The summed E-state index contributed by atoms with van der Waals surface area (Å²) in [6.45, 7) is 4.82. The van der Waals surface area contributed by atoms with E-state index in [4.69, 9.17) is 9.47 Å². The van der Waals surface area contributed by atoms with Crippen LogP contribution in [-0.2, 0) is 4.74 Å². The Bertz CT molecular complexity index is 1460. The molecule has 9 nitrogen and oxygen atoms in total. The Morgan fingerprint density at radius 1 is 1.02 bits per heavy atom. The number of ether oxygens (including phenoxy) is 2. The molecule has 0 bridgehead atoms. The lowest BCUT2D eigenvalue weighted by Crippen LogP contribution is -2.47. The van der Waals surface area contributed by atoms with Gasteiger partial charge in [-0.15, -0.1) is 0 Å². The van der Waals surface area contributed by atoms with Gasteiger partial charge in [-0.1, -0.05) is 19.3 Å². The van der Waals surface area contributed by atoms with Gasteiger partial charge in [0.2, 0.25) is 0 Å². The highest BCUT2D eigenvalue weighted by molar-refractivity contribution is 5.94. The second-order valence-corrected chi connectivity index (χ2v) is 10.4. The zero-order valence-electron chi connectivity index (χ0n) is 22.8. The first-order valence-electron chi connectivity index (χ1n) is 14.0. The lowest BCUT2D eigenvalue weighted by Gasteiger charge is -2.38. The predicted molar refractivity (Wildman–Crippen MR) is 154 cm³/mol. The van der Waals surface area contributed by atoms with Crippen LogP contribution in [0.4, 0.5) is 11.5 Å². The van der Waals surface area contributed by atoms with E-state index in [9.17, 15) is 4.79 Å². The standard InChI is InChI=1S/C31H34N6O3/c1-22-19-25(37(36-15-17-39-18-16-36)30-27-13-14-32-20-28(27)33-21-34-30)9-12-29(22)40-26-10-7-23(8-11-26)31(38)35-24-5-3-2-4-6-24/h7-14,19-21,24H,2-6,15-18H2,1H3,(H,35,38). The monoisotopic (exact) mass is 538 g/mol. The number of carbonyl (C=O) groups excluding carboxylic acids is 1. The molecule has 1 saturated heterocycles. The fourth-order valence-electron chi connectivity index (χ4n) is 5.43. The first-order valence-corrected chi connectivity index (χ1v) is 14.0. The summed E-state index contributed by atoms with van der Waals surface area (Å²) in [4.78, 5) is 26.0. The van der Waals surface area contributed by atoms with Crippen LogP contribution in [-0.4, -0.2) is 58.2 Å². The van der Waals surface area contributed by atoms with Crippen molar-refractivity contribution in [2.24, 2.45) is 0 Å². The average molecular weight is 539 g/mol. The fourth-order valence-corrected chi connectivity index (χ4v) is 5.43. The Kier molecular flexibility index (Phi) is 7.83. The number of hydrogen-bond acceptors (Lipinski definition) is 8. The summed E-state index contributed by atoms with van der Waals surface area (Å²) in [6, 6.07) is 15.7. The third-order valence-corrected chi connectivity index (χ3v) is 7.58. The van der Waals surface area contributed by atoms with Crippen molar-refractivity contribution in [3.05, 3.63) is 78.4 Å². The molecule has 0 atom stereocenters. The van der Waals surface area contributed by atoms with Crippen molar-refractivity contribution in [3.8, 4) is 11.5 Å². The van der Waals surface area contributed by atoms with Crippen molar-refractivity contribution >= 4 is 28.3 Å². The molecule has 1 aliphatic carbocycles. The molecule has 6 rings (SSSR count). The van der Waals surface area contributed by atoms with E-state index >= 15 is 0 Å². The number of benzene rings is 2. The van der Waals surface area contributed by atoms with Crippen LogP contribution in [0.2, 0.25) is 0 Å². The Morgan fingerprint density at radius 2 is 1.82 bits per heavy atom. The molecule has 0 spiro atoms. The molecular formula is C31H34N6O3. The van der Waals surface area contributed by atoms with Crippen LogP contribution < -0.4 is 15.1 Å². The van der Waals surface area contributed by atoms with Crippen LogP contribution in [0.5, 0.6) is 11.5 Å². The number of pyridine rings is 1. The topological polar surface area (TPSA) is 92.7 Å². The van der Waals surface area contributed by atoms with Crippen molar-refractivity contribution in [2.45, 2.75) is 45.1 Å². The van der Waals surface area contributed by atoms with Gasteiger partial charge in [0.05, 0.1) is 30.6 Å². The summed E-state index contributed by atoms with van der Waals surface area (Å²) in [5, 5.41) is 8.49. The normalized spacial score (nSPS) is 16.5. The summed E-state index contributed by atoms with van der Waals surface area (Å²) in [6.07, 6.45) is 10.9. The molecule has 0 unspecified atom stereocenters. The smallest absolute Gasteiger partial charge is 0.251 e. The van der Waals surface area contributed by atoms with Crippen molar-refractivity contribution in [3.63, 3.8) is 0 Å². The molecule has 2 fully saturated rings. The van der Waals surface area contributed by atoms with E-state index in [1.807, 2.05) is 49.4 Å². The molecule has 2 aromatic heterocycles. The fraction of sp³-hybridized carbons (Fsp3) is 0.355. The highest BCUT2D eigenvalue weighted by Gasteiger charge is 2.25. The van der Waals surface area contributed by atoms with Gasteiger partial charge in [-0.25, -0.2) is 15.0 Å². The molecule has 4 aromatic rings. The maximum Gasteiger partial charge on any atom is 0.251 e. The number of anilines is 2. The predicted octanol–water partition coefficient (Wildman–Crippen LogP) is 5.57. The van der Waals surface area contributed by atoms with Gasteiger partial charge in [0.15, 0.2) is 5.82 Å². The van der Waals surface area contributed by atoms with E-state index in [2.05, 4.69) is 36.4 Å². The summed E-state index contributed by atoms with van der Waals surface area (Å²) in [5.41, 5.74) is 3.39. The Balaban J connectivity index is 1.22. The minimum atomic E-state index is -0.0183. The highest BCUT2D eigenvalue weighted by Crippen LogP contribution is 2.35. The van der Waals surface area contributed by atoms with Crippen molar-refractivity contribution in [1.29, 1.82) is 0 Å². The first kappa shape index (κ1) is 26.2. The average Bonchev–Trinajstić information content (AvgIpc) is 3.00. The molecule has 206 valence electrons. The Hall–Kier alpha value is -4.08. The zero-order chi connectivity index (χ0) is 27.3. The van der Waals surface area contributed by atoms with E-state index < -0.39 is 0 Å². The lowest BCUT2D eigenvalue weighted by molar-refractivity contribution is 0.0376. The molecular weight excluding hydrogens is 504 g/mol. The number of nitrogens with zero attached hydrogens (tertiary/aromatic N) is 5. The second kappa shape index (κ2) is 12.0. The molecule has 2 aliphatic rings. The van der Waals surface area contributed by atoms with Crippen molar-refractivity contribution in [2.75, 3.05) is 31.3 Å². The van der Waals surface area contributed by atoms with E-state index in [0.717, 1.165) is 59.7 Å². The van der Waals surface area contributed by atoms with Gasteiger partial charge in [0.25, 0.3) is 5.91 Å². The summed E-state index contributed by atoms with van der Waals surface area (Å²) in [5.74, 6) is 2.21. The number of rotatable bonds is 7. The summed E-state index contributed by atoms with van der Waals surface area (Å²) in [7, 11) is 0. The number of nitrogens with one attached hydrogen (secondary N) is 1. The number of fused-ring (bicyclic) bond motifs is 1. The quantitative estimate of drug-likeness (QED) is 0.326. The van der Waals surface area contributed by atoms with E-state index in [1.54, 1.807) is 18.7 Å². The third kappa shape index (κ3) is 5.76. The van der Waals surface area contributed by atoms with Crippen LogP contribution in [0, 0.1) is 6.92 Å². The highest BCUT2D eigenvalue weighted by atomic mass is 16.5. The number of hydrazine groups is 1. The van der Waals surface area contributed by atoms with Gasteiger partial charge in [0, 0.05) is 36.3 Å². The molecule has 9 heteroatoms. The van der Waals surface area contributed by atoms with Gasteiger partial charge in [-0.3, -0.25) is 14.8 Å². The van der Waals surface area contributed by atoms with Gasteiger partial charge in [0.1, 0.15) is 17.8 Å². The number of aromatic nitrogens is 3. The largest absolute Gasteiger partial charge is 0.457 e. The molecule has 40 heavy (non-hydrogen) atoms. The number of carbonyl (C=O) groups is 1. The molecule has 0 radical (unpaired) electrons. The first-order chi connectivity index (χ1) is 19.7. The number of morpholine rings is 1. The van der Waals surface area contributed by atoms with Crippen molar-refractivity contribution < 1.29 is 14.3 Å². The van der Waals surface area contributed by atoms with Crippen molar-refractivity contribution in [1.82, 2.24) is 25.3 Å². The number of amides is 1. The van der Waals surface area contributed by atoms with E-state index in [1.165, 1.54) is 19.3 Å². The summed E-state index contributed by atoms with van der Waals surface area (Å²) >= 11 is 0. The van der Waals surface area contributed by atoms with Crippen LogP contribution in [0.1, 0.15) is 48.0 Å². The molecule has 1 aliphatic heterocycles. The molecule has 2 aromatic carbocycles. The number of hydrogen-bond donors (Lipinski definition) is 1. The van der Waals surface area contributed by atoms with Crippen LogP contribution in [0.15, 0.2) is 67.3 Å². The minimum absolute atomic E-state index is 0.0183. The van der Waals surface area contributed by atoms with Crippen LogP contribution in [0.3, 0.4) is 0 Å². The molecule has 1 N–H and O–H groups in total. The maximum atomic E-state index is 12.7. The lowest BCUT2D eigenvalue weighted by atomic mass is 9.95. The summed E-state index contributed by atoms with van der Waals surface area (Å²) < 4.78 is 11.9. The minimum Gasteiger partial charge on any atom is -0.457 e. The Labute approximate surface area is 234 Å². The van der Waals surface area contributed by atoms with Gasteiger partial charge in [-0.2, -0.15) is 0 Å². The van der Waals surface area contributed by atoms with E-state index in [0.29, 0.717) is 24.5 Å². The Morgan fingerprint density at radius 3 is 2.60 bits per heavy atom. The van der Waals surface area contributed by atoms with E-state index in [-0.39, 0.29) is 11.9 Å². The molecule has 1 saturated carbocycles. The van der Waals surface area contributed by atoms with Crippen LogP contribution in [0.25, 0.3) is 10.9 Å². The van der Waals surface area contributed by atoms with Gasteiger partial charge in [-0.05, 0) is 73.9 Å². The maximum absolute atomic E-state index is 12.7. The van der Waals surface area contributed by atoms with Crippen LogP contribution >= 0.6 is 0 Å². The number of aryl methyl sites for hydroxylation is 1. The SMILES string of the molecule is Cc1cc(N(c2ncnc3cnccc23)N2CCOCC2)ccc1Oc1ccc(C(=O)NC2CCCCC2)cc1.